The molecule has 0 spiro atoms. The van der Waals surface area contributed by atoms with Gasteiger partial charge in [-0.25, -0.2) is 0 Å². The number of rotatable bonds is 6. The minimum atomic E-state index is 0.360. The van der Waals surface area contributed by atoms with Crippen LogP contribution in [0.5, 0.6) is 0 Å². The van der Waals surface area contributed by atoms with Gasteiger partial charge in [-0.2, -0.15) is 0 Å². The molecule has 1 aliphatic carbocycles. The summed E-state index contributed by atoms with van der Waals surface area (Å²) in [6, 6.07) is 0. The van der Waals surface area contributed by atoms with Crippen LogP contribution < -0.4 is 5.32 Å². The van der Waals surface area contributed by atoms with Crippen LogP contribution in [-0.4, -0.2) is 25.8 Å². The van der Waals surface area contributed by atoms with E-state index in [-0.39, 0.29) is 0 Å². The van der Waals surface area contributed by atoms with Gasteiger partial charge in [0.15, 0.2) is 0 Å². The van der Waals surface area contributed by atoms with Gasteiger partial charge in [-0.15, -0.1) is 0 Å². The van der Waals surface area contributed by atoms with Gasteiger partial charge < -0.3 is 10.1 Å². The summed E-state index contributed by atoms with van der Waals surface area (Å²) >= 11 is 0. The molecule has 0 atom stereocenters. The van der Waals surface area contributed by atoms with E-state index in [0.29, 0.717) is 11.5 Å². The van der Waals surface area contributed by atoms with Gasteiger partial charge in [0.25, 0.3) is 0 Å². The summed E-state index contributed by atoms with van der Waals surface area (Å²) in [7, 11) is 0. The highest BCUT2D eigenvalue weighted by atomic mass is 16.5. The Hall–Kier alpha value is -0.0800. The van der Waals surface area contributed by atoms with Gasteiger partial charge in [-0.05, 0) is 32.1 Å². The molecule has 0 heterocycles. The fourth-order valence-electron chi connectivity index (χ4n) is 2.16. The van der Waals surface area contributed by atoms with E-state index in [4.69, 9.17) is 4.74 Å². The zero-order chi connectivity index (χ0) is 10.4. The molecule has 0 saturated heterocycles. The molecular formula is C12H25NO. The minimum absolute atomic E-state index is 0.360. The quantitative estimate of drug-likeness (QED) is 0.664. The van der Waals surface area contributed by atoms with E-state index < -0.39 is 0 Å². The Morgan fingerprint density at radius 3 is 2.50 bits per heavy atom. The predicted molar refractivity (Wildman–Crippen MR) is 60.5 cm³/mol. The first-order valence-corrected chi connectivity index (χ1v) is 5.95. The van der Waals surface area contributed by atoms with E-state index in [1.165, 1.54) is 25.7 Å². The maximum Gasteiger partial charge on any atom is 0.0594 e. The van der Waals surface area contributed by atoms with Crippen molar-refractivity contribution in [1.29, 1.82) is 0 Å². The van der Waals surface area contributed by atoms with Crippen molar-refractivity contribution < 1.29 is 4.74 Å². The van der Waals surface area contributed by atoms with E-state index in [9.17, 15) is 0 Å². The summed E-state index contributed by atoms with van der Waals surface area (Å²) in [5, 5.41) is 3.50. The van der Waals surface area contributed by atoms with Crippen molar-refractivity contribution in [1.82, 2.24) is 5.32 Å². The average Bonchev–Trinajstić information content (AvgIpc) is 2.51. The SMILES string of the molecule is CC(C)OCCNCC1(C)CCCC1. The van der Waals surface area contributed by atoms with Gasteiger partial charge >= 0.3 is 0 Å². The second-order valence-corrected chi connectivity index (χ2v) is 5.11. The Kier molecular flexibility index (Phi) is 4.90. The maximum atomic E-state index is 5.48. The molecule has 1 saturated carbocycles. The minimum Gasteiger partial charge on any atom is -0.377 e. The lowest BCUT2D eigenvalue weighted by Gasteiger charge is -2.23. The molecule has 0 radical (unpaired) electrons. The van der Waals surface area contributed by atoms with Crippen molar-refractivity contribution >= 4 is 0 Å². The molecule has 1 fully saturated rings. The van der Waals surface area contributed by atoms with Gasteiger partial charge in [-0.3, -0.25) is 0 Å². The molecule has 0 bridgehead atoms. The molecule has 2 nitrogen and oxygen atoms in total. The van der Waals surface area contributed by atoms with Crippen molar-refractivity contribution in [3.8, 4) is 0 Å². The molecular weight excluding hydrogens is 174 g/mol. The Bertz CT molecular complexity index is 150. The first-order valence-electron chi connectivity index (χ1n) is 5.95. The molecule has 84 valence electrons. The van der Waals surface area contributed by atoms with Crippen LogP contribution in [0.25, 0.3) is 0 Å². The lowest BCUT2D eigenvalue weighted by atomic mass is 9.89. The Morgan fingerprint density at radius 1 is 1.29 bits per heavy atom. The van der Waals surface area contributed by atoms with Gasteiger partial charge in [0.05, 0.1) is 12.7 Å². The molecule has 0 aromatic heterocycles. The Labute approximate surface area is 88.4 Å². The maximum absolute atomic E-state index is 5.48. The fourth-order valence-corrected chi connectivity index (χ4v) is 2.16. The third kappa shape index (κ3) is 4.43. The molecule has 1 rings (SSSR count). The third-order valence-corrected chi connectivity index (χ3v) is 3.09. The Morgan fingerprint density at radius 2 is 1.93 bits per heavy atom. The zero-order valence-corrected chi connectivity index (χ0v) is 9.94. The highest BCUT2D eigenvalue weighted by Gasteiger charge is 2.27. The van der Waals surface area contributed by atoms with Crippen LogP contribution in [-0.2, 0) is 4.74 Å². The number of nitrogens with one attached hydrogen (secondary N) is 1. The van der Waals surface area contributed by atoms with Crippen molar-refractivity contribution in [2.75, 3.05) is 19.7 Å². The van der Waals surface area contributed by atoms with Crippen LogP contribution in [0, 0.1) is 5.41 Å². The highest BCUT2D eigenvalue weighted by Crippen LogP contribution is 2.36. The van der Waals surface area contributed by atoms with Gasteiger partial charge in [-0.1, -0.05) is 19.8 Å². The van der Waals surface area contributed by atoms with Crippen LogP contribution in [0.1, 0.15) is 46.5 Å². The first-order chi connectivity index (χ1) is 6.62. The largest absolute Gasteiger partial charge is 0.377 e. The summed E-state index contributed by atoms with van der Waals surface area (Å²) in [5.41, 5.74) is 0.567. The van der Waals surface area contributed by atoms with E-state index in [1.807, 2.05) is 0 Å². The summed E-state index contributed by atoms with van der Waals surface area (Å²) in [5.74, 6) is 0. The summed E-state index contributed by atoms with van der Waals surface area (Å²) in [6.45, 7) is 9.56. The van der Waals surface area contributed by atoms with Crippen LogP contribution in [0.3, 0.4) is 0 Å². The monoisotopic (exact) mass is 199 g/mol. The molecule has 0 aliphatic heterocycles. The summed E-state index contributed by atoms with van der Waals surface area (Å²) in [6.07, 6.45) is 5.98. The molecule has 2 heteroatoms. The number of hydrogen-bond acceptors (Lipinski definition) is 2. The van der Waals surface area contributed by atoms with Crippen molar-refractivity contribution in [2.45, 2.75) is 52.6 Å². The van der Waals surface area contributed by atoms with E-state index in [0.717, 1.165) is 19.7 Å². The molecule has 0 aromatic carbocycles. The molecule has 1 aliphatic rings. The lowest BCUT2D eigenvalue weighted by Crippen LogP contribution is -2.32. The summed E-state index contributed by atoms with van der Waals surface area (Å²) < 4.78 is 5.48. The second-order valence-electron chi connectivity index (χ2n) is 5.11. The molecule has 0 unspecified atom stereocenters. The first kappa shape index (κ1) is 12.0. The lowest BCUT2D eigenvalue weighted by molar-refractivity contribution is 0.0793. The normalized spacial score (nSPS) is 20.6. The second kappa shape index (κ2) is 5.72. The van der Waals surface area contributed by atoms with Crippen molar-refractivity contribution in [3.63, 3.8) is 0 Å². The number of hydrogen-bond donors (Lipinski definition) is 1. The predicted octanol–water partition coefficient (Wildman–Crippen LogP) is 2.58. The van der Waals surface area contributed by atoms with E-state index >= 15 is 0 Å². The smallest absolute Gasteiger partial charge is 0.0594 e. The van der Waals surface area contributed by atoms with Crippen molar-refractivity contribution in [2.24, 2.45) is 5.41 Å². The number of ether oxygens (including phenoxy) is 1. The molecule has 0 aromatic rings. The van der Waals surface area contributed by atoms with Gasteiger partial charge in [0.2, 0.25) is 0 Å². The molecule has 14 heavy (non-hydrogen) atoms. The van der Waals surface area contributed by atoms with Crippen LogP contribution in [0.4, 0.5) is 0 Å². The Balaban J connectivity index is 1.98. The standard InChI is InChI=1S/C12H25NO/c1-11(2)14-9-8-13-10-12(3)6-4-5-7-12/h11,13H,4-10H2,1-3H3. The molecule has 1 N–H and O–H groups in total. The molecule has 0 amide bonds. The van der Waals surface area contributed by atoms with Crippen LogP contribution in [0.15, 0.2) is 0 Å². The zero-order valence-electron chi connectivity index (χ0n) is 9.94. The van der Waals surface area contributed by atoms with Gasteiger partial charge in [0, 0.05) is 13.1 Å². The van der Waals surface area contributed by atoms with Gasteiger partial charge in [0.1, 0.15) is 0 Å². The van der Waals surface area contributed by atoms with Crippen LogP contribution in [0.2, 0.25) is 0 Å². The third-order valence-electron chi connectivity index (χ3n) is 3.09. The van der Waals surface area contributed by atoms with Crippen LogP contribution >= 0.6 is 0 Å². The summed E-state index contributed by atoms with van der Waals surface area (Å²) in [4.78, 5) is 0. The van der Waals surface area contributed by atoms with Crippen molar-refractivity contribution in [3.05, 3.63) is 0 Å². The van der Waals surface area contributed by atoms with E-state index in [2.05, 4.69) is 26.1 Å². The van der Waals surface area contributed by atoms with E-state index in [1.54, 1.807) is 0 Å². The topological polar surface area (TPSA) is 21.3 Å². The fraction of sp³-hybridized carbons (Fsp3) is 1.00. The highest BCUT2D eigenvalue weighted by molar-refractivity contribution is 4.82. The average molecular weight is 199 g/mol.